The van der Waals surface area contributed by atoms with E-state index in [0.29, 0.717) is 0 Å². The molecule has 0 N–H and O–H groups in total. The van der Waals surface area contributed by atoms with Gasteiger partial charge in [-0.15, -0.1) is 0 Å². The lowest BCUT2D eigenvalue weighted by Gasteiger charge is -2.15. The molecule has 2 heterocycles. The van der Waals surface area contributed by atoms with E-state index in [-0.39, 0.29) is 0 Å². The molecule has 2 aliphatic rings. The van der Waals surface area contributed by atoms with Gasteiger partial charge in [0.05, 0.1) is 13.1 Å². The van der Waals surface area contributed by atoms with Crippen LogP contribution in [0.2, 0.25) is 0 Å². The lowest BCUT2D eigenvalue weighted by atomic mass is 10.1. The summed E-state index contributed by atoms with van der Waals surface area (Å²) in [6.07, 6.45) is 8.03. The maximum atomic E-state index is 3.37. The Morgan fingerprint density at radius 3 is 1.50 bits per heavy atom. The fourth-order valence-corrected chi connectivity index (χ4v) is 3.43. The van der Waals surface area contributed by atoms with Crippen LogP contribution in [0.4, 0.5) is 0 Å². The third kappa shape index (κ3) is 5.41. The summed E-state index contributed by atoms with van der Waals surface area (Å²) < 4.78 is 0. The molecule has 2 heteroatoms. The molecule has 1 aromatic rings. The number of nitrogens with zero attached hydrogens (tertiary/aromatic N) is 2. The third-order valence-corrected chi connectivity index (χ3v) is 4.88. The van der Waals surface area contributed by atoms with Crippen molar-refractivity contribution in [3.8, 4) is 23.7 Å². The van der Waals surface area contributed by atoms with Crippen molar-refractivity contribution >= 4 is 0 Å². The van der Waals surface area contributed by atoms with Gasteiger partial charge < -0.3 is 0 Å². The second-order valence-corrected chi connectivity index (χ2v) is 6.82. The highest BCUT2D eigenvalue weighted by atomic mass is 15.1. The van der Waals surface area contributed by atoms with Crippen LogP contribution in [0.15, 0.2) is 24.3 Å². The van der Waals surface area contributed by atoms with Crippen LogP contribution < -0.4 is 0 Å². The summed E-state index contributed by atoms with van der Waals surface area (Å²) in [7, 11) is 0. The Morgan fingerprint density at radius 1 is 0.625 bits per heavy atom. The molecule has 2 nitrogen and oxygen atoms in total. The molecule has 0 unspecified atom stereocenters. The molecule has 0 amide bonds. The van der Waals surface area contributed by atoms with Gasteiger partial charge in [0.1, 0.15) is 0 Å². The average molecular weight is 320 g/mol. The quantitative estimate of drug-likeness (QED) is 0.771. The van der Waals surface area contributed by atoms with Crippen LogP contribution in [0.3, 0.4) is 0 Å². The van der Waals surface area contributed by atoms with Crippen molar-refractivity contribution in [2.24, 2.45) is 0 Å². The van der Waals surface area contributed by atoms with E-state index in [2.05, 4.69) is 57.7 Å². The fourth-order valence-electron chi connectivity index (χ4n) is 3.43. The fraction of sp³-hybridized carbons (Fsp3) is 0.545. The minimum Gasteiger partial charge on any atom is -0.292 e. The molecule has 24 heavy (non-hydrogen) atoms. The Bertz CT molecular complexity index is 627. The Morgan fingerprint density at radius 2 is 1.04 bits per heavy atom. The topological polar surface area (TPSA) is 6.48 Å². The number of hydrogen-bond donors (Lipinski definition) is 0. The molecule has 0 aromatic heterocycles. The monoisotopic (exact) mass is 320 g/mol. The van der Waals surface area contributed by atoms with Gasteiger partial charge in [0.25, 0.3) is 0 Å². The third-order valence-electron chi connectivity index (χ3n) is 4.88. The van der Waals surface area contributed by atoms with Gasteiger partial charge in [-0.3, -0.25) is 9.80 Å². The highest BCUT2D eigenvalue weighted by Crippen LogP contribution is 2.10. The van der Waals surface area contributed by atoms with E-state index in [1.165, 1.54) is 64.7 Å². The molecular weight excluding hydrogens is 292 g/mol. The lowest BCUT2D eigenvalue weighted by Crippen LogP contribution is -2.24. The molecule has 2 aliphatic heterocycles. The largest absolute Gasteiger partial charge is 0.292 e. The zero-order valence-electron chi connectivity index (χ0n) is 14.7. The summed E-state index contributed by atoms with van der Waals surface area (Å²) in [6, 6.07) is 8.30. The zero-order chi connectivity index (χ0) is 16.5. The molecular formula is C22H28N2. The van der Waals surface area contributed by atoms with Crippen molar-refractivity contribution in [1.29, 1.82) is 0 Å². The van der Waals surface area contributed by atoms with Gasteiger partial charge in [-0.25, -0.2) is 0 Å². The molecule has 0 saturated carbocycles. The summed E-state index contributed by atoms with van der Waals surface area (Å²) in [5, 5.41) is 0. The van der Waals surface area contributed by atoms with Crippen LogP contribution in [0.1, 0.15) is 49.7 Å². The smallest absolute Gasteiger partial charge is 0.0605 e. The van der Waals surface area contributed by atoms with Crippen molar-refractivity contribution in [1.82, 2.24) is 9.80 Å². The molecule has 2 saturated heterocycles. The number of rotatable bonds is 2. The first-order valence-corrected chi connectivity index (χ1v) is 9.43. The van der Waals surface area contributed by atoms with E-state index >= 15 is 0 Å². The SMILES string of the molecule is C(#Cc1ccccc1C#CCN1CCCC1)CN1CCCCCC1. The molecule has 0 aliphatic carbocycles. The maximum absolute atomic E-state index is 3.37. The van der Waals surface area contributed by atoms with Gasteiger partial charge in [0.2, 0.25) is 0 Å². The van der Waals surface area contributed by atoms with E-state index in [1.807, 2.05) is 0 Å². The zero-order valence-corrected chi connectivity index (χ0v) is 14.7. The standard InChI is InChI=1S/C22H28N2/c1-2-6-16-23(15-5-1)19-9-13-21-11-3-4-12-22(21)14-10-20-24-17-7-8-18-24/h3-4,11-12H,1-2,5-8,15-20H2. The summed E-state index contributed by atoms with van der Waals surface area (Å²) in [5.74, 6) is 13.4. The first kappa shape index (κ1) is 17.1. The molecule has 0 radical (unpaired) electrons. The van der Waals surface area contributed by atoms with Crippen molar-refractivity contribution in [2.75, 3.05) is 39.3 Å². The van der Waals surface area contributed by atoms with Gasteiger partial charge in [-0.1, -0.05) is 48.7 Å². The van der Waals surface area contributed by atoms with Gasteiger partial charge in [0, 0.05) is 11.1 Å². The molecule has 3 rings (SSSR count). The Hall–Kier alpha value is -1.74. The maximum Gasteiger partial charge on any atom is 0.0605 e. The van der Waals surface area contributed by atoms with Crippen LogP contribution in [0.5, 0.6) is 0 Å². The van der Waals surface area contributed by atoms with Crippen LogP contribution in [0, 0.1) is 23.7 Å². The van der Waals surface area contributed by atoms with Crippen LogP contribution in [-0.4, -0.2) is 49.1 Å². The molecule has 126 valence electrons. The Balaban J connectivity index is 1.59. The first-order valence-electron chi connectivity index (χ1n) is 9.43. The molecule has 0 bridgehead atoms. The van der Waals surface area contributed by atoms with Gasteiger partial charge in [0.15, 0.2) is 0 Å². The predicted octanol–water partition coefficient (Wildman–Crippen LogP) is 3.36. The van der Waals surface area contributed by atoms with Crippen LogP contribution in [-0.2, 0) is 0 Å². The van der Waals surface area contributed by atoms with E-state index in [0.717, 1.165) is 24.2 Å². The van der Waals surface area contributed by atoms with Gasteiger partial charge in [-0.05, 0) is 64.0 Å². The van der Waals surface area contributed by atoms with E-state index < -0.39 is 0 Å². The summed E-state index contributed by atoms with van der Waals surface area (Å²) in [4.78, 5) is 4.92. The Kier molecular flexibility index (Phi) is 6.79. The number of hydrogen-bond acceptors (Lipinski definition) is 2. The van der Waals surface area contributed by atoms with E-state index in [9.17, 15) is 0 Å². The number of benzene rings is 1. The van der Waals surface area contributed by atoms with E-state index in [1.54, 1.807) is 0 Å². The summed E-state index contributed by atoms with van der Waals surface area (Å²) >= 11 is 0. The van der Waals surface area contributed by atoms with Crippen molar-refractivity contribution in [3.63, 3.8) is 0 Å². The second-order valence-electron chi connectivity index (χ2n) is 6.82. The molecule has 2 fully saturated rings. The molecule has 0 atom stereocenters. The van der Waals surface area contributed by atoms with Gasteiger partial charge >= 0.3 is 0 Å². The van der Waals surface area contributed by atoms with Crippen molar-refractivity contribution in [3.05, 3.63) is 35.4 Å². The Labute approximate surface area is 147 Å². The second kappa shape index (κ2) is 9.53. The average Bonchev–Trinajstić information content (AvgIpc) is 2.99. The number of likely N-dealkylation sites (tertiary alicyclic amines) is 2. The predicted molar refractivity (Wildman–Crippen MR) is 101 cm³/mol. The molecule has 1 aromatic carbocycles. The highest BCUT2D eigenvalue weighted by molar-refractivity contribution is 5.50. The highest BCUT2D eigenvalue weighted by Gasteiger charge is 2.09. The minimum absolute atomic E-state index is 0.884. The van der Waals surface area contributed by atoms with Crippen LogP contribution in [0.25, 0.3) is 0 Å². The summed E-state index contributed by atoms with van der Waals surface area (Å²) in [5.41, 5.74) is 2.14. The van der Waals surface area contributed by atoms with Crippen LogP contribution >= 0.6 is 0 Å². The first-order chi connectivity index (χ1) is 11.9. The lowest BCUT2D eigenvalue weighted by molar-refractivity contribution is 0.320. The van der Waals surface area contributed by atoms with Gasteiger partial charge in [-0.2, -0.15) is 0 Å². The minimum atomic E-state index is 0.884. The van der Waals surface area contributed by atoms with E-state index in [4.69, 9.17) is 0 Å². The molecule has 0 spiro atoms. The van der Waals surface area contributed by atoms with Crippen molar-refractivity contribution < 1.29 is 0 Å². The van der Waals surface area contributed by atoms with Crippen molar-refractivity contribution in [2.45, 2.75) is 38.5 Å². The normalized spacial score (nSPS) is 19.0. The summed E-state index contributed by atoms with van der Waals surface area (Å²) in [6.45, 7) is 6.57.